The van der Waals surface area contributed by atoms with E-state index in [1.165, 1.54) is 0 Å². The lowest BCUT2D eigenvalue weighted by atomic mass is 9.85. The van der Waals surface area contributed by atoms with Gasteiger partial charge in [-0.1, -0.05) is 0 Å². The molecule has 0 bridgehead atoms. The van der Waals surface area contributed by atoms with E-state index in [1.54, 1.807) is 0 Å². The molecule has 0 aromatic carbocycles. The van der Waals surface area contributed by atoms with Gasteiger partial charge in [-0.3, -0.25) is 9.69 Å². The summed E-state index contributed by atoms with van der Waals surface area (Å²) >= 11 is 0. The third-order valence-electron chi connectivity index (χ3n) is 4.90. The number of rotatable bonds is 2. The van der Waals surface area contributed by atoms with Crippen LogP contribution in [0.5, 0.6) is 0 Å². The predicted molar refractivity (Wildman–Crippen MR) is 80.9 cm³/mol. The van der Waals surface area contributed by atoms with E-state index in [2.05, 4.69) is 29.2 Å². The van der Waals surface area contributed by atoms with Crippen LogP contribution in [-0.4, -0.2) is 85.5 Å². The normalized spacial score (nSPS) is 23.8. The molecule has 120 valence electrons. The largest absolute Gasteiger partial charge is 0.352 e. The van der Waals surface area contributed by atoms with E-state index >= 15 is 0 Å². The van der Waals surface area contributed by atoms with E-state index in [9.17, 15) is 9.59 Å². The molecule has 0 radical (unpaired) electrons. The fourth-order valence-corrected chi connectivity index (χ4v) is 3.35. The SMILES string of the molecule is CN1CCC2(CC1)CN(C(=O)CNC(N)=O)CCCN2C. The van der Waals surface area contributed by atoms with Crippen molar-refractivity contribution in [3.05, 3.63) is 0 Å². The van der Waals surface area contributed by atoms with Gasteiger partial charge in [-0.05, 0) is 46.4 Å². The van der Waals surface area contributed by atoms with Crippen LogP contribution >= 0.6 is 0 Å². The number of nitrogens with one attached hydrogen (secondary N) is 1. The Hall–Kier alpha value is -1.34. The van der Waals surface area contributed by atoms with Crippen molar-refractivity contribution in [1.82, 2.24) is 20.0 Å². The molecule has 2 aliphatic rings. The van der Waals surface area contributed by atoms with Gasteiger partial charge < -0.3 is 20.9 Å². The number of likely N-dealkylation sites (tertiary alicyclic amines) is 1. The Balaban J connectivity index is 2.03. The first-order chi connectivity index (χ1) is 9.93. The quantitative estimate of drug-likeness (QED) is 0.705. The maximum absolute atomic E-state index is 12.3. The van der Waals surface area contributed by atoms with Crippen molar-refractivity contribution in [3.63, 3.8) is 0 Å². The zero-order valence-electron chi connectivity index (χ0n) is 13.1. The van der Waals surface area contributed by atoms with Gasteiger partial charge in [0, 0.05) is 25.2 Å². The average molecular weight is 297 g/mol. The van der Waals surface area contributed by atoms with E-state index < -0.39 is 6.03 Å². The molecule has 7 nitrogen and oxygen atoms in total. The smallest absolute Gasteiger partial charge is 0.312 e. The lowest BCUT2D eigenvalue weighted by Crippen LogP contribution is -2.58. The molecule has 21 heavy (non-hydrogen) atoms. The van der Waals surface area contributed by atoms with Crippen molar-refractivity contribution in [2.45, 2.75) is 24.8 Å². The zero-order chi connectivity index (χ0) is 15.5. The molecule has 2 aliphatic heterocycles. The molecule has 1 spiro atoms. The summed E-state index contributed by atoms with van der Waals surface area (Å²) in [4.78, 5) is 29.7. The number of primary amides is 1. The van der Waals surface area contributed by atoms with Gasteiger partial charge in [0.25, 0.3) is 0 Å². The molecule has 3 N–H and O–H groups in total. The van der Waals surface area contributed by atoms with Crippen molar-refractivity contribution in [2.75, 3.05) is 53.4 Å². The van der Waals surface area contributed by atoms with Crippen LogP contribution < -0.4 is 11.1 Å². The summed E-state index contributed by atoms with van der Waals surface area (Å²) in [5, 5.41) is 2.40. The first-order valence-electron chi connectivity index (χ1n) is 7.64. The maximum atomic E-state index is 12.3. The topological polar surface area (TPSA) is 81.9 Å². The minimum atomic E-state index is -0.649. The minimum absolute atomic E-state index is 0.00493. The number of carbonyl (C=O) groups excluding carboxylic acids is 2. The summed E-state index contributed by atoms with van der Waals surface area (Å²) in [6.07, 6.45) is 3.12. The molecule has 0 unspecified atom stereocenters. The lowest BCUT2D eigenvalue weighted by molar-refractivity contribution is -0.131. The highest BCUT2D eigenvalue weighted by atomic mass is 16.2. The number of amides is 3. The van der Waals surface area contributed by atoms with Gasteiger partial charge in [-0.15, -0.1) is 0 Å². The predicted octanol–water partition coefficient (Wildman–Crippen LogP) is -0.717. The van der Waals surface area contributed by atoms with Crippen LogP contribution in [0.1, 0.15) is 19.3 Å². The molecule has 0 aromatic rings. The number of piperidine rings is 1. The highest BCUT2D eigenvalue weighted by molar-refractivity contribution is 5.83. The van der Waals surface area contributed by atoms with Crippen LogP contribution in [0.3, 0.4) is 0 Å². The summed E-state index contributed by atoms with van der Waals surface area (Å²) < 4.78 is 0. The van der Waals surface area contributed by atoms with Crippen LogP contribution in [-0.2, 0) is 4.79 Å². The number of urea groups is 1. The summed E-state index contributed by atoms with van der Waals surface area (Å²) in [5.74, 6) is -0.0394. The number of nitrogens with zero attached hydrogens (tertiary/aromatic N) is 3. The van der Waals surface area contributed by atoms with Gasteiger partial charge in [-0.2, -0.15) is 0 Å². The highest BCUT2D eigenvalue weighted by Crippen LogP contribution is 2.30. The second-order valence-corrected chi connectivity index (χ2v) is 6.34. The molecule has 7 heteroatoms. The zero-order valence-corrected chi connectivity index (χ0v) is 13.1. The van der Waals surface area contributed by atoms with Gasteiger partial charge in [0.2, 0.25) is 5.91 Å². The van der Waals surface area contributed by atoms with E-state index in [0.717, 1.165) is 52.0 Å². The summed E-state index contributed by atoms with van der Waals surface area (Å²) in [6, 6.07) is -0.649. The third kappa shape index (κ3) is 3.85. The Morgan fingerprint density at radius 1 is 1.14 bits per heavy atom. The van der Waals surface area contributed by atoms with Crippen molar-refractivity contribution in [1.29, 1.82) is 0 Å². The number of hydrogen-bond acceptors (Lipinski definition) is 4. The van der Waals surface area contributed by atoms with Crippen LogP contribution in [0.25, 0.3) is 0 Å². The fourth-order valence-electron chi connectivity index (χ4n) is 3.35. The Morgan fingerprint density at radius 2 is 1.81 bits per heavy atom. The molecule has 0 saturated carbocycles. The Bertz CT molecular complexity index is 393. The van der Waals surface area contributed by atoms with Gasteiger partial charge >= 0.3 is 6.03 Å². The summed E-state index contributed by atoms with van der Waals surface area (Å²) in [6.45, 7) is 4.63. The van der Waals surface area contributed by atoms with Crippen molar-refractivity contribution >= 4 is 11.9 Å². The summed E-state index contributed by atoms with van der Waals surface area (Å²) in [5.41, 5.74) is 5.12. The molecule has 0 atom stereocenters. The molecular weight excluding hydrogens is 270 g/mol. The Morgan fingerprint density at radius 3 is 2.43 bits per heavy atom. The molecule has 3 amide bonds. The number of nitrogens with two attached hydrogens (primary N) is 1. The van der Waals surface area contributed by atoms with E-state index in [0.29, 0.717) is 0 Å². The minimum Gasteiger partial charge on any atom is -0.352 e. The van der Waals surface area contributed by atoms with Crippen molar-refractivity contribution in [2.24, 2.45) is 5.73 Å². The van der Waals surface area contributed by atoms with E-state index in [4.69, 9.17) is 5.73 Å². The van der Waals surface area contributed by atoms with Crippen LogP contribution in [0.2, 0.25) is 0 Å². The van der Waals surface area contributed by atoms with Crippen LogP contribution in [0.15, 0.2) is 0 Å². The summed E-state index contributed by atoms with van der Waals surface area (Å²) in [7, 11) is 4.31. The van der Waals surface area contributed by atoms with Crippen molar-refractivity contribution < 1.29 is 9.59 Å². The maximum Gasteiger partial charge on any atom is 0.312 e. The first kappa shape index (κ1) is 16.0. The molecule has 2 fully saturated rings. The standard InChI is InChI=1S/C14H27N5O2/c1-17-8-4-14(5-9-17)11-19(7-3-6-18(14)2)12(20)10-16-13(15)21/h3-11H2,1-2H3,(H3,15,16,21). The van der Waals surface area contributed by atoms with Gasteiger partial charge in [0.1, 0.15) is 0 Å². The van der Waals surface area contributed by atoms with Gasteiger partial charge in [0.05, 0.1) is 6.54 Å². The second-order valence-electron chi connectivity index (χ2n) is 6.34. The molecule has 2 saturated heterocycles. The molecule has 0 aromatic heterocycles. The molecular formula is C14H27N5O2. The third-order valence-corrected chi connectivity index (χ3v) is 4.90. The monoisotopic (exact) mass is 297 g/mol. The number of likely N-dealkylation sites (N-methyl/N-ethyl adjacent to an activating group) is 1. The van der Waals surface area contributed by atoms with Crippen molar-refractivity contribution in [3.8, 4) is 0 Å². The second kappa shape index (κ2) is 6.62. The number of carbonyl (C=O) groups is 2. The lowest BCUT2D eigenvalue weighted by Gasteiger charge is -2.47. The Kier molecular flexibility index (Phi) is 5.05. The van der Waals surface area contributed by atoms with E-state index in [-0.39, 0.29) is 18.0 Å². The van der Waals surface area contributed by atoms with Crippen LogP contribution in [0, 0.1) is 0 Å². The molecule has 0 aliphatic carbocycles. The highest BCUT2D eigenvalue weighted by Gasteiger charge is 2.41. The molecule has 2 heterocycles. The fraction of sp³-hybridized carbons (Fsp3) is 0.857. The number of hydrogen-bond donors (Lipinski definition) is 2. The van der Waals surface area contributed by atoms with E-state index in [1.807, 2.05) is 4.90 Å². The Labute approximate surface area is 126 Å². The van der Waals surface area contributed by atoms with Crippen LogP contribution in [0.4, 0.5) is 4.79 Å². The van der Waals surface area contributed by atoms with Gasteiger partial charge in [0.15, 0.2) is 0 Å². The first-order valence-corrected chi connectivity index (χ1v) is 7.64. The van der Waals surface area contributed by atoms with Gasteiger partial charge in [-0.25, -0.2) is 4.79 Å². The molecule has 2 rings (SSSR count). The average Bonchev–Trinajstić information content (AvgIpc) is 2.60.